The summed E-state index contributed by atoms with van der Waals surface area (Å²) in [6.45, 7) is 4.71. The molecule has 1 nitrogen and oxygen atoms in total. The van der Waals surface area contributed by atoms with Crippen LogP contribution in [0.25, 0.3) is 32.7 Å². The van der Waals surface area contributed by atoms with E-state index in [-0.39, 0.29) is 5.41 Å². The van der Waals surface area contributed by atoms with E-state index in [2.05, 4.69) is 146 Å². The number of benzene rings is 6. The van der Waals surface area contributed by atoms with Gasteiger partial charge in [-0.2, -0.15) is 0 Å². The van der Waals surface area contributed by atoms with Gasteiger partial charge in [-0.1, -0.05) is 98.8 Å². The third-order valence-corrected chi connectivity index (χ3v) is 7.81. The second-order valence-electron chi connectivity index (χ2n) is 10.2. The van der Waals surface area contributed by atoms with E-state index in [1.165, 1.54) is 49.5 Å². The molecule has 0 aromatic heterocycles. The summed E-state index contributed by atoms with van der Waals surface area (Å²) in [4.78, 5) is 2.40. The van der Waals surface area contributed by atoms with Gasteiger partial charge < -0.3 is 4.90 Å². The van der Waals surface area contributed by atoms with Crippen LogP contribution in [0.3, 0.4) is 0 Å². The molecule has 0 spiro atoms. The summed E-state index contributed by atoms with van der Waals surface area (Å²) in [7, 11) is 0. The molecular formula is C35H27N. The van der Waals surface area contributed by atoms with Crippen molar-refractivity contribution in [3.8, 4) is 11.1 Å². The van der Waals surface area contributed by atoms with E-state index in [9.17, 15) is 0 Å². The number of rotatable bonds is 3. The third kappa shape index (κ3) is 3.03. The predicted molar refractivity (Wildman–Crippen MR) is 154 cm³/mol. The highest BCUT2D eigenvalue weighted by atomic mass is 15.1. The topological polar surface area (TPSA) is 3.24 Å². The van der Waals surface area contributed by atoms with Crippen molar-refractivity contribution >= 4 is 38.6 Å². The summed E-state index contributed by atoms with van der Waals surface area (Å²) < 4.78 is 0. The molecule has 0 fully saturated rings. The standard InChI is InChI=1S/C35H27N/c1-35(2)32-20-12-11-19-28(32)30-22-31-29(23-33(30)35)27-18-10-9-13-24(27)21-34(31)36(25-14-5-3-6-15-25)26-16-7-4-8-17-26/h3-23H,1-2H3. The van der Waals surface area contributed by atoms with Crippen LogP contribution < -0.4 is 4.90 Å². The van der Waals surface area contributed by atoms with Crippen molar-refractivity contribution in [3.63, 3.8) is 0 Å². The Hall–Kier alpha value is -4.36. The number of anilines is 3. The van der Waals surface area contributed by atoms with Crippen LogP contribution in [0.2, 0.25) is 0 Å². The van der Waals surface area contributed by atoms with Crippen molar-refractivity contribution in [2.24, 2.45) is 0 Å². The van der Waals surface area contributed by atoms with Crippen LogP contribution in [0.4, 0.5) is 17.1 Å². The smallest absolute Gasteiger partial charge is 0.0546 e. The zero-order valence-corrected chi connectivity index (χ0v) is 20.6. The monoisotopic (exact) mass is 461 g/mol. The first-order valence-electron chi connectivity index (χ1n) is 12.6. The Bertz CT molecular complexity index is 1710. The lowest BCUT2D eigenvalue weighted by atomic mass is 9.81. The highest BCUT2D eigenvalue weighted by Gasteiger charge is 2.36. The fourth-order valence-electron chi connectivity index (χ4n) is 6.04. The van der Waals surface area contributed by atoms with Crippen molar-refractivity contribution in [1.82, 2.24) is 0 Å². The molecular weight excluding hydrogens is 434 g/mol. The molecule has 0 saturated carbocycles. The van der Waals surface area contributed by atoms with Crippen LogP contribution >= 0.6 is 0 Å². The summed E-state index contributed by atoms with van der Waals surface area (Å²) in [6.07, 6.45) is 0. The number of nitrogens with zero attached hydrogens (tertiary/aromatic N) is 1. The summed E-state index contributed by atoms with van der Waals surface area (Å²) in [6, 6.07) is 46.4. The van der Waals surface area contributed by atoms with E-state index in [0.29, 0.717) is 0 Å². The second kappa shape index (κ2) is 7.83. The van der Waals surface area contributed by atoms with E-state index < -0.39 is 0 Å². The van der Waals surface area contributed by atoms with Crippen LogP contribution in [0.5, 0.6) is 0 Å². The molecule has 36 heavy (non-hydrogen) atoms. The first-order valence-corrected chi connectivity index (χ1v) is 12.6. The zero-order chi connectivity index (χ0) is 24.3. The van der Waals surface area contributed by atoms with Gasteiger partial charge in [-0.25, -0.2) is 0 Å². The van der Waals surface area contributed by atoms with Gasteiger partial charge in [-0.05, 0) is 80.9 Å². The molecule has 1 heteroatoms. The zero-order valence-electron chi connectivity index (χ0n) is 20.6. The maximum absolute atomic E-state index is 2.46. The highest BCUT2D eigenvalue weighted by Crippen LogP contribution is 2.52. The molecule has 0 radical (unpaired) electrons. The van der Waals surface area contributed by atoms with Crippen molar-refractivity contribution in [3.05, 3.63) is 139 Å². The molecule has 1 aliphatic carbocycles. The minimum atomic E-state index is -0.0320. The van der Waals surface area contributed by atoms with Gasteiger partial charge in [-0.3, -0.25) is 0 Å². The van der Waals surface area contributed by atoms with Crippen molar-refractivity contribution < 1.29 is 0 Å². The Morgan fingerprint density at radius 2 is 1.08 bits per heavy atom. The van der Waals surface area contributed by atoms with Crippen LogP contribution in [-0.2, 0) is 5.41 Å². The van der Waals surface area contributed by atoms with Gasteiger partial charge in [0.1, 0.15) is 0 Å². The largest absolute Gasteiger partial charge is 0.310 e. The summed E-state index contributed by atoms with van der Waals surface area (Å²) in [5, 5.41) is 5.13. The Morgan fingerprint density at radius 1 is 0.472 bits per heavy atom. The Kier molecular flexibility index (Phi) is 4.56. The number of para-hydroxylation sites is 2. The van der Waals surface area contributed by atoms with Gasteiger partial charge >= 0.3 is 0 Å². The number of hydrogen-bond acceptors (Lipinski definition) is 1. The summed E-state index contributed by atoms with van der Waals surface area (Å²) in [5.41, 5.74) is 8.99. The van der Waals surface area contributed by atoms with E-state index in [0.717, 1.165) is 11.4 Å². The molecule has 6 aromatic rings. The molecule has 6 aromatic carbocycles. The van der Waals surface area contributed by atoms with Crippen LogP contribution in [0.15, 0.2) is 127 Å². The summed E-state index contributed by atoms with van der Waals surface area (Å²) >= 11 is 0. The number of hydrogen-bond donors (Lipinski definition) is 0. The number of fused-ring (bicyclic) bond motifs is 6. The second-order valence-corrected chi connectivity index (χ2v) is 10.2. The van der Waals surface area contributed by atoms with Gasteiger partial charge in [0.2, 0.25) is 0 Å². The summed E-state index contributed by atoms with van der Waals surface area (Å²) in [5.74, 6) is 0. The molecule has 0 bridgehead atoms. The predicted octanol–water partition coefficient (Wildman–Crippen LogP) is 9.77. The van der Waals surface area contributed by atoms with Crippen molar-refractivity contribution in [2.45, 2.75) is 19.3 Å². The normalized spacial score (nSPS) is 13.5. The van der Waals surface area contributed by atoms with Crippen molar-refractivity contribution in [1.29, 1.82) is 0 Å². The quantitative estimate of drug-likeness (QED) is 0.237. The molecule has 0 atom stereocenters. The maximum atomic E-state index is 2.46. The van der Waals surface area contributed by atoms with Crippen LogP contribution in [0.1, 0.15) is 25.0 Å². The molecule has 0 amide bonds. The first-order chi connectivity index (χ1) is 17.6. The average molecular weight is 462 g/mol. The molecule has 0 N–H and O–H groups in total. The third-order valence-electron chi connectivity index (χ3n) is 7.81. The SMILES string of the molecule is CC1(C)c2ccccc2-c2cc3c(N(c4ccccc4)c4ccccc4)cc4ccccc4c3cc21. The average Bonchev–Trinajstić information content (AvgIpc) is 3.15. The van der Waals surface area contributed by atoms with E-state index in [1.807, 2.05) is 0 Å². The molecule has 0 heterocycles. The lowest BCUT2D eigenvalue weighted by Gasteiger charge is -2.28. The minimum absolute atomic E-state index is 0.0320. The van der Waals surface area contributed by atoms with Gasteiger partial charge in [-0.15, -0.1) is 0 Å². The fourth-order valence-corrected chi connectivity index (χ4v) is 6.04. The van der Waals surface area contributed by atoms with E-state index in [1.54, 1.807) is 0 Å². The Labute approximate surface area is 212 Å². The van der Waals surface area contributed by atoms with Gasteiger partial charge in [0.15, 0.2) is 0 Å². The van der Waals surface area contributed by atoms with Gasteiger partial charge in [0, 0.05) is 22.2 Å². The van der Waals surface area contributed by atoms with Crippen molar-refractivity contribution in [2.75, 3.05) is 4.90 Å². The molecule has 172 valence electrons. The van der Waals surface area contributed by atoms with Crippen LogP contribution in [-0.4, -0.2) is 0 Å². The van der Waals surface area contributed by atoms with Crippen LogP contribution in [0, 0.1) is 0 Å². The molecule has 0 unspecified atom stereocenters. The molecule has 0 aliphatic heterocycles. The maximum Gasteiger partial charge on any atom is 0.0546 e. The fraction of sp³-hybridized carbons (Fsp3) is 0.0857. The molecule has 0 saturated heterocycles. The minimum Gasteiger partial charge on any atom is -0.310 e. The highest BCUT2D eigenvalue weighted by molar-refractivity contribution is 6.16. The lowest BCUT2D eigenvalue weighted by molar-refractivity contribution is 0.661. The van der Waals surface area contributed by atoms with Gasteiger partial charge in [0.05, 0.1) is 5.69 Å². The van der Waals surface area contributed by atoms with E-state index >= 15 is 0 Å². The molecule has 1 aliphatic rings. The van der Waals surface area contributed by atoms with E-state index in [4.69, 9.17) is 0 Å². The Morgan fingerprint density at radius 3 is 1.81 bits per heavy atom. The molecule has 7 rings (SSSR count). The lowest BCUT2D eigenvalue weighted by Crippen LogP contribution is -2.15. The Balaban J connectivity index is 1.62. The first kappa shape index (κ1) is 21.0. The van der Waals surface area contributed by atoms with Gasteiger partial charge in [0.25, 0.3) is 0 Å².